The van der Waals surface area contributed by atoms with Crippen molar-refractivity contribution in [3.8, 4) is 0 Å². The minimum Gasteiger partial charge on any atom is -0.340 e. The lowest BCUT2D eigenvalue weighted by Crippen LogP contribution is -2.32. The molecule has 1 fully saturated rings. The van der Waals surface area contributed by atoms with Gasteiger partial charge in [-0.05, 0) is 25.5 Å². The molecular weight excluding hydrogens is 325 g/mol. The number of nitrogens with one attached hydrogen (secondary N) is 1. The van der Waals surface area contributed by atoms with E-state index in [0.717, 1.165) is 12.0 Å². The summed E-state index contributed by atoms with van der Waals surface area (Å²) in [5, 5.41) is 7.89. The van der Waals surface area contributed by atoms with Crippen molar-refractivity contribution >= 4 is 23.2 Å². The number of aromatic nitrogens is 3. The van der Waals surface area contributed by atoms with Crippen LogP contribution in [0.25, 0.3) is 0 Å². The van der Waals surface area contributed by atoms with Gasteiger partial charge in [-0.3, -0.25) is 5.10 Å². The monoisotopic (exact) mass is 341 g/mol. The first kappa shape index (κ1) is 15.7. The zero-order valence-electron chi connectivity index (χ0n) is 12.3. The van der Waals surface area contributed by atoms with Gasteiger partial charge in [-0.25, -0.2) is 4.98 Å². The minimum absolute atomic E-state index is 0.00862. The molecule has 2 heterocycles. The van der Waals surface area contributed by atoms with E-state index in [2.05, 4.69) is 22.1 Å². The molecule has 1 N–H and O–H groups in total. The standard InChI is InChI=1S/C15H17Cl2N3O2/c1-3-13-9(2)21-15(22-13,7-14-18-8-19-20-14)11-5-4-10(16)6-12(11)17/h4-6,8-9,13H,3,7H2,1-2H3,(H,18,19,20). The molecule has 22 heavy (non-hydrogen) atoms. The molecule has 0 aliphatic carbocycles. The third-order valence-corrected chi connectivity index (χ3v) is 4.39. The Morgan fingerprint density at radius 1 is 1.32 bits per heavy atom. The molecule has 7 heteroatoms. The van der Waals surface area contributed by atoms with Crippen molar-refractivity contribution in [1.82, 2.24) is 15.2 Å². The van der Waals surface area contributed by atoms with Crippen molar-refractivity contribution in [2.75, 3.05) is 0 Å². The molecule has 1 aromatic heterocycles. The Hall–Kier alpha value is -1.14. The topological polar surface area (TPSA) is 60.0 Å². The highest BCUT2D eigenvalue weighted by atomic mass is 35.5. The van der Waals surface area contributed by atoms with Gasteiger partial charge < -0.3 is 9.47 Å². The fourth-order valence-corrected chi connectivity index (χ4v) is 3.34. The fraction of sp³-hybridized carbons (Fsp3) is 0.467. The zero-order chi connectivity index (χ0) is 15.7. The van der Waals surface area contributed by atoms with Crippen molar-refractivity contribution in [1.29, 1.82) is 0 Å². The van der Waals surface area contributed by atoms with Gasteiger partial charge in [0.25, 0.3) is 0 Å². The minimum atomic E-state index is -0.996. The predicted octanol–water partition coefficient (Wildman–Crippen LogP) is 3.72. The number of hydrogen-bond acceptors (Lipinski definition) is 4. The van der Waals surface area contributed by atoms with Crippen LogP contribution in [0.15, 0.2) is 24.5 Å². The Morgan fingerprint density at radius 3 is 2.73 bits per heavy atom. The molecule has 1 aliphatic heterocycles. The molecule has 2 aromatic rings. The second kappa shape index (κ2) is 6.16. The van der Waals surface area contributed by atoms with Crippen molar-refractivity contribution in [3.05, 3.63) is 46.0 Å². The molecule has 0 amide bonds. The van der Waals surface area contributed by atoms with Crippen molar-refractivity contribution < 1.29 is 9.47 Å². The van der Waals surface area contributed by atoms with Gasteiger partial charge in [-0.15, -0.1) is 0 Å². The lowest BCUT2D eigenvalue weighted by atomic mass is 10.0. The molecule has 1 aliphatic rings. The van der Waals surface area contributed by atoms with Gasteiger partial charge in [0.15, 0.2) is 5.82 Å². The maximum Gasteiger partial charge on any atom is 0.204 e. The first-order valence-electron chi connectivity index (χ1n) is 7.20. The predicted molar refractivity (Wildman–Crippen MR) is 83.9 cm³/mol. The first-order valence-corrected chi connectivity index (χ1v) is 7.95. The van der Waals surface area contributed by atoms with Crippen molar-refractivity contribution in [3.63, 3.8) is 0 Å². The maximum absolute atomic E-state index is 6.38. The third kappa shape index (κ3) is 2.86. The molecule has 5 nitrogen and oxygen atoms in total. The first-order chi connectivity index (χ1) is 10.5. The second-order valence-corrected chi connectivity index (χ2v) is 6.20. The maximum atomic E-state index is 6.38. The van der Waals surface area contributed by atoms with Crippen LogP contribution in [0.2, 0.25) is 10.0 Å². The number of rotatable bonds is 4. The third-order valence-electron chi connectivity index (χ3n) is 3.84. The normalized spacial score (nSPS) is 28.2. The molecule has 118 valence electrons. The highest BCUT2D eigenvalue weighted by Crippen LogP contribution is 2.43. The Kier molecular flexibility index (Phi) is 4.41. The molecule has 0 bridgehead atoms. The molecule has 0 saturated carbocycles. The lowest BCUT2D eigenvalue weighted by Gasteiger charge is -2.28. The van der Waals surface area contributed by atoms with Gasteiger partial charge in [0, 0.05) is 10.6 Å². The van der Waals surface area contributed by atoms with Gasteiger partial charge in [0.05, 0.1) is 23.7 Å². The van der Waals surface area contributed by atoms with E-state index >= 15 is 0 Å². The van der Waals surface area contributed by atoms with E-state index in [0.29, 0.717) is 22.3 Å². The molecule has 1 aromatic carbocycles. The molecule has 3 atom stereocenters. The van der Waals surface area contributed by atoms with Crippen molar-refractivity contribution in [2.24, 2.45) is 0 Å². The van der Waals surface area contributed by atoms with Gasteiger partial charge in [0.2, 0.25) is 5.79 Å². The molecular formula is C15H17Cl2N3O2. The highest BCUT2D eigenvalue weighted by Gasteiger charge is 2.48. The van der Waals surface area contributed by atoms with Crippen LogP contribution < -0.4 is 0 Å². The van der Waals surface area contributed by atoms with E-state index in [4.69, 9.17) is 32.7 Å². The van der Waals surface area contributed by atoms with Crippen LogP contribution >= 0.6 is 23.2 Å². The number of ether oxygens (including phenoxy) is 2. The van der Waals surface area contributed by atoms with Gasteiger partial charge in [0.1, 0.15) is 6.33 Å². The van der Waals surface area contributed by atoms with Crippen LogP contribution in [0.5, 0.6) is 0 Å². The quantitative estimate of drug-likeness (QED) is 0.920. The Bertz CT molecular complexity index is 650. The summed E-state index contributed by atoms with van der Waals surface area (Å²) in [4.78, 5) is 4.18. The highest BCUT2D eigenvalue weighted by molar-refractivity contribution is 6.35. The molecule has 0 radical (unpaired) electrons. The van der Waals surface area contributed by atoms with E-state index < -0.39 is 5.79 Å². The van der Waals surface area contributed by atoms with Crippen LogP contribution in [0.1, 0.15) is 31.7 Å². The second-order valence-electron chi connectivity index (χ2n) is 5.36. The van der Waals surface area contributed by atoms with E-state index in [-0.39, 0.29) is 12.2 Å². The lowest BCUT2D eigenvalue weighted by molar-refractivity contribution is -0.183. The van der Waals surface area contributed by atoms with Gasteiger partial charge in [-0.2, -0.15) is 5.10 Å². The van der Waals surface area contributed by atoms with E-state index in [1.807, 2.05) is 13.0 Å². The molecule has 3 rings (SSSR count). The molecule has 3 unspecified atom stereocenters. The van der Waals surface area contributed by atoms with Gasteiger partial charge >= 0.3 is 0 Å². The SMILES string of the molecule is CCC1OC(Cc2nc[nH]n2)(c2ccc(Cl)cc2Cl)OC1C. The zero-order valence-corrected chi connectivity index (χ0v) is 13.9. The van der Waals surface area contributed by atoms with Crippen LogP contribution in [-0.4, -0.2) is 27.4 Å². The summed E-state index contributed by atoms with van der Waals surface area (Å²) in [6, 6.07) is 5.30. The van der Waals surface area contributed by atoms with Crippen LogP contribution in [-0.2, 0) is 21.7 Å². The number of aromatic amines is 1. The van der Waals surface area contributed by atoms with Crippen LogP contribution in [0, 0.1) is 0 Å². The fourth-order valence-electron chi connectivity index (χ4n) is 2.79. The molecule has 0 spiro atoms. The summed E-state index contributed by atoms with van der Waals surface area (Å²) < 4.78 is 12.4. The van der Waals surface area contributed by atoms with Crippen LogP contribution in [0.3, 0.4) is 0 Å². The summed E-state index contributed by atoms with van der Waals surface area (Å²) in [6.45, 7) is 4.06. The summed E-state index contributed by atoms with van der Waals surface area (Å²) in [5.41, 5.74) is 0.742. The summed E-state index contributed by atoms with van der Waals surface area (Å²) in [6.07, 6.45) is 2.70. The van der Waals surface area contributed by atoms with E-state index in [1.54, 1.807) is 12.1 Å². The number of hydrogen-bond donors (Lipinski definition) is 1. The molecule has 1 saturated heterocycles. The smallest absolute Gasteiger partial charge is 0.204 e. The van der Waals surface area contributed by atoms with E-state index in [9.17, 15) is 0 Å². The largest absolute Gasteiger partial charge is 0.340 e. The number of benzene rings is 1. The van der Waals surface area contributed by atoms with Gasteiger partial charge in [-0.1, -0.05) is 36.2 Å². The summed E-state index contributed by atoms with van der Waals surface area (Å²) in [5.74, 6) is -0.390. The van der Waals surface area contributed by atoms with Crippen LogP contribution in [0.4, 0.5) is 0 Å². The summed E-state index contributed by atoms with van der Waals surface area (Å²) >= 11 is 12.4. The Morgan fingerprint density at radius 2 is 2.14 bits per heavy atom. The number of nitrogens with zero attached hydrogens (tertiary/aromatic N) is 2. The number of halogens is 2. The van der Waals surface area contributed by atoms with Crippen molar-refractivity contribution in [2.45, 2.75) is 44.7 Å². The Labute approximate surface area is 138 Å². The Balaban J connectivity index is 2.03. The van der Waals surface area contributed by atoms with E-state index in [1.165, 1.54) is 6.33 Å². The number of H-pyrrole nitrogens is 1. The average Bonchev–Trinajstić information content (AvgIpc) is 3.07. The summed E-state index contributed by atoms with van der Waals surface area (Å²) in [7, 11) is 0. The average molecular weight is 342 g/mol.